The largest absolute Gasteiger partial charge is 0.461 e. The number of carbonyl (C=O) groups is 3. The van der Waals surface area contributed by atoms with Crippen molar-refractivity contribution in [2.45, 2.75) is 95.0 Å². The van der Waals surface area contributed by atoms with Crippen molar-refractivity contribution in [3.05, 3.63) is 33.1 Å². The fraction of sp³-hybridized carbons (Fsp3) is 0.743. The normalized spacial score (nSPS) is 37.7. The monoisotopic (exact) mass is 674 g/mol. The first-order valence-corrected chi connectivity index (χ1v) is 18.7. The number of thioether (sulfide) groups is 2. The highest BCUT2D eigenvalue weighted by Crippen LogP contribution is 2.68. The standard InChI is InChI=1S/C35H50N2O7S2/c1-8-33(4)16-24(34(5)20(2)11-13-35(21(3)32(33)43)14-12-23(38)31(34)35)44-26(40)19-45-22-10-9-15-37(17-22)27-28(41)29(42)30(27)46-18-25(39)36(6)7/h8,20-22,24,31-32,43H,1,9-19H2,2-7H3/t20-,21+,22?,24-,31+,32+,33-,34+,35+/m1/s1. The van der Waals surface area contributed by atoms with E-state index in [-0.39, 0.29) is 57.6 Å². The van der Waals surface area contributed by atoms with E-state index < -0.39 is 33.9 Å². The van der Waals surface area contributed by atoms with E-state index in [1.54, 1.807) is 14.1 Å². The second-order valence-electron chi connectivity index (χ2n) is 15.0. The van der Waals surface area contributed by atoms with Crippen molar-refractivity contribution in [1.29, 1.82) is 0 Å². The van der Waals surface area contributed by atoms with Crippen LogP contribution < -0.4 is 15.8 Å². The Labute approximate surface area is 280 Å². The maximum absolute atomic E-state index is 13.6. The summed E-state index contributed by atoms with van der Waals surface area (Å²) < 4.78 is 6.41. The van der Waals surface area contributed by atoms with Gasteiger partial charge in [0.25, 0.3) is 5.43 Å². The van der Waals surface area contributed by atoms with Crippen molar-refractivity contribution in [3.63, 3.8) is 0 Å². The third-order valence-electron chi connectivity index (χ3n) is 12.4. The first-order chi connectivity index (χ1) is 21.6. The van der Waals surface area contributed by atoms with Crippen LogP contribution in [0.4, 0.5) is 5.69 Å². The molecular formula is C35H50N2O7S2. The van der Waals surface area contributed by atoms with Gasteiger partial charge in [0.15, 0.2) is 0 Å². The lowest BCUT2D eigenvalue weighted by molar-refractivity contribution is -0.205. The van der Waals surface area contributed by atoms with E-state index in [1.807, 2.05) is 17.9 Å². The molecule has 3 saturated carbocycles. The Morgan fingerprint density at radius 3 is 2.50 bits per heavy atom. The summed E-state index contributed by atoms with van der Waals surface area (Å²) in [6.45, 7) is 13.7. The number of amides is 1. The van der Waals surface area contributed by atoms with Crippen LogP contribution >= 0.6 is 23.5 Å². The Bertz CT molecular complexity index is 1450. The van der Waals surface area contributed by atoms with Gasteiger partial charge in [-0.25, -0.2) is 0 Å². The number of hydrogen-bond acceptors (Lipinski definition) is 10. The van der Waals surface area contributed by atoms with Crippen LogP contribution in [0.2, 0.25) is 0 Å². The van der Waals surface area contributed by atoms with Crippen LogP contribution in [0.25, 0.3) is 0 Å². The van der Waals surface area contributed by atoms with Crippen LogP contribution in [0.5, 0.6) is 0 Å². The van der Waals surface area contributed by atoms with E-state index in [0.717, 1.165) is 43.9 Å². The van der Waals surface area contributed by atoms with Crippen molar-refractivity contribution in [3.8, 4) is 0 Å². The van der Waals surface area contributed by atoms with Gasteiger partial charge in [-0.1, -0.05) is 33.8 Å². The molecule has 46 heavy (non-hydrogen) atoms. The molecule has 254 valence electrons. The summed E-state index contributed by atoms with van der Waals surface area (Å²) in [6.07, 6.45) is 5.68. The lowest BCUT2D eigenvalue weighted by Crippen LogP contribution is -2.63. The highest BCUT2D eigenvalue weighted by atomic mass is 32.2. The van der Waals surface area contributed by atoms with Crippen molar-refractivity contribution >= 4 is 46.9 Å². The van der Waals surface area contributed by atoms with Crippen molar-refractivity contribution < 1.29 is 24.2 Å². The molecule has 0 spiro atoms. The van der Waals surface area contributed by atoms with Crippen LogP contribution in [-0.2, 0) is 19.1 Å². The molecule has 1 N–H and O–H groups in total. The Hall–Kier alpha value is -2.11. The van der Waals surface area contributed by atoms with Gasteiger partial charge in [-0.3, -0.25) is 24.0 Å². The minimum atomic E-state index is -0.709. The summed E-state index contributed by atoms with van der Waals surface area (Å²) >= 11 is 2.61. The number of rotatable bonds is 9. The first kappa shape index (κ1) is 35.2. The molecular weight excluding hydrogens is 625 g/mol. The number of ether oxygens (including phenoxy) is 1. The first-order valence-electron chi connectivity index (χ1n) is 16.7. The maximum Gasteiger partial charge on any atom is 0.316 e. The molecule has 1 aromatic carbocycles. The average molecular weight is 675 g/mol. The number of esters is 1. The molecule has 3 aliphatic carbocycles. The van der Waals surface area contributed by atoms with Crippen LogP contribution in [0.3, 0.4) is 0 Å². The van der Waals surface area contributed by atoms with Crippen molar-refractivity contribution in [2.75, 3.05) is 43.6 Å². The zero-order valence-electron chi connectivity index (χ0n) is 28.1. The highest BCUT2D eigenvalue weighted by Gasteiger charge is 2.68. The molecule has 1 aromatic rings. The number of aliphatic hydroxyl groups is 1. The number of aliphatic hydroxyl groups excluding tert-OH is 1. The number of carbonyl (C=O) groups excluding carboxylic acids is 3. The van der Waals surface area contributed by atoms with E-state index in [9.17, 15) is 29.1 Å². The second-order valence-corrected chi connectivity index (χ2v) is 17.3. The van der Waals surface area contributed by atoms with Gasteiger partial charge in [0, 0.05) is 55.6 Å². The Morgan fingerprint density at radius 2 is 1.83 bits per heavy atom. The van der Waals surface area contributed by atoms with Crippen LogP contribution in [-0.4, -0.2) is 83.8 Å². The summed E-state index contributed by atoms with van der Waals surface area (Å²) in [5.41, 5.74) is -2.22. The Morgan fingerprint density at radius 1 is 1.11 bits per heavy atom. The lowest BCUT2D eigenvalue weighted by Gasteiger charge is -2.61. The predicted molar refractivity (Wildman–Crippen MR) is 183 cm³/mol. The van der Waals surface area contributed by atoms with Gasteiger partial charge in [-0.05, 0) is 55.8 Å². The van der Waals surface area contributed by atoms with E-state index in [1.165, 1.54) is 16.7 Å². The number of piperidine rings is 1. The number of Topliss-reactive ketones (excluding diaryl/α,β-unsaturated/α-hetero) is 1. The second kappa shape index (κ2) is 13.1. The molecule has 1 amide bonds. The number of anilines is 1. The van der Waals surface area contributed by atoms with Gasteiger partial charge in [-0.2, -0.15) is 0 Å². The smallest absolute Gasteiger partial charge is 0.316 e. The van der Waals surface area contributed by atoms with Gasteiger partial charge >= 0.3 is 5.97 Å². The van der Waals surface area contributed by atoms with Crippen LogP contribution in [0, 0.1) is 34.0 Å². The van der Waals surface area contributed by atoms with E-state index in [4.69, 9.17) is 4.74 Å². The molecule has 4 fully saturated rings. The van der Waals surface area contributed by atoms with Crippen LogP contribution in [0.1, 0.15) is 72.6 Å². The number of hydrogen-bond donors (Lipinski definition) is 1. The third-order valence-corrected chi connectivity index (χ3v) is 14.7. The molecule has 1 aliphatic heterocycles. The SMILES string of the molecule is C=C[C@]1(C)C[C@@H](OC(=O)CSC2CCCN(c3c(SCC(=O)N(C)C)c(=O)c3=O)C2)[C@]2(C)[C@H](C)CC[C@]3(CCC(=O)[C@H]32)[C@@H](C)[C@@H]1O. The minimum Gasteiger partial charge on any atom is -0.461 e. The summed E-state index contributed by atoms with van der Waals surface area (Å²) in [7, 11) is 3.31. The molecule has 1 saturated heterocycles. The number of ketones is 1. The molecule has 1 heterocycles. The van der Waals surface area contributed by atoms with E-state index in [2.05, 4.69) is 27.4 Å². The maximum atomic E-state index is 13.6. The Balaban J connectivity index is 1.30. The summed E-state index contributed by atoms with van der Waals surface area (Å²) in [4.78, 5) is 68.0. The zero-order valence-corrected chi connectivity index (χ0v) is 29.8. The van der Waals surface area contributed by atoms with Gasteiger partial charge in [0.2, 0.25) is 11.3 Å². The van der Waals surface area contributed by atoms with E-state index >= 15 is 0 Å². The molecule has 5 rings (SSSR count). The quantitative estimate of drug-likeness (QED) is 0.178. The third kappa shape index (κ3) is 5.80. The molecule has 11 heteroatoms. The predicted octanol–water partition coefficient (Wildman–Crippen LogP) is 4.07. The van der Waals surface area contributed by atoms with E-state index in [0.29, 0.717) is 36.5 Å². The fourth-order valence-electron chi connectivity index (χ4n) is 9.20. The van der Waals surface area contributed by atoms with Crippen molar-refractivity contribution in [1.82, 2.24) is 4.90 Å². The van der Waals surface area contributed by atoms with Crippen LogP contribution in [0.15, 0.2) is 27.1 Å². The average Bonchev–Trinajstić information content (AvgIpc) is 3.39. The van der Waals surface area contributed by atoms with Gasteiger partial charge in [0.05, 0.1) is 22.5 Å². The molecule has 9 atom stereocenters. The van der Waals surface area contributed by atoms with Gasteiger partial charge in [0.1, 0.15) is 17.6 Å². The lowest BCUT2D eigenvalue weighted by atomic mass is 9.44. The zero-order chi connectivity index (χ0) is 33.8. The molecule has 1 unspecified atom stereocenters. The molecule has 0 radical (unpaired) electrons. The van der Waals surface area contributed by atoms with Gasteiger partial charge < -0.3 is 19.6 Å². The fourth-order valence-corrected chi connectivity index (χ4v) is 11.4. The summed E-state index contributed by atoms with van der Waals surface area (Å²) in [5.74, 6) is -0.211. The summed E-state index contributed by atoms with van der Waals surface area (Å²) in [5, 5.41) is 11.8. The van der Waals surface area contributed by atoms with Crippen molar-refractivity contribution in [2.24, 2.45) is 34.0 Å². The molecule has 9 nitrogen and oxygen atoms in total. The number of nitrogens with zero attached hydrogens (tertiary/aromatic N) is 2. The van der Waals surface area contributed by atoms with Gasteiger partial charge in [-0.15, -0.1) is 30.1 Å². The Kier molecular flexibility index (Phi) is 10.0. The molecule has 2 bridgehead atoms. The minimum absolute atomic E-state index is 0.0543. The molecule has 0 aromatic heterocycles. The highest BCUT2D eigenvalue weighted by molar-refractivity contribution is 8.00. The summed E-state index contributed by atoms with van der Waals surface area (Å²) in [6, 6.07) is 0. The molecule has 4 aliphatic rings. The topological polar surface area (TPSA) is 121 Å².